The van der Waals surface area contributed by atoms with Crippen molar-refractivity contribution in [1.29, 1.82) is 0 Å². The first kappa shape index (κ1) is 22.0. The van der Waals surface area contributed by atoms with Gasteiger partial charge in [0.15, 0.2) is 11.0 Å². The van der Waals surface area contributed by atoms with Crippen LogP contribution in [0.5, 0.6) is 0 Å². The monoisotopic (exact) mass is 444 g/mol. The predicted octanol–water partition coefficient (Wildman–Crippen LogP) is 4.49. The molecule has 158 valence electrons. The number of rotatable bonds is 7. The SMILES string of the molecule is COC(=O)c1cc(C)sc1NC(=O)CSc1nnc(-c2ccc(C(C)C)cc2)n1C. The Morgan fingerprint density at radius 3 is 2.57 bits per heavy atom. The zero-order valence-electron chi connectivity index (χ0n) is 17.6. The van der Waals surface area contributed by atoms with Gasteiger partial charge in [-0.3, -0.25) is 4.79 Å². The topological polar surface area (TPSA) is 86.1 Å². The smallest absolute Gasteiger partial charge is 0.340 e. The second kappa shape index (κ2) is 9.44. The van der Waals surface area contributed by atoms with Gasteiger partial charge in [-0.25, -0.2) is 4.79 Å². The highest BCUT2D eigenvalue weighted by atomic mass is 32.2. The Labute approximate surface area is 183 Å². The molecule has 7 nitrogen and oxygen atoms in total. The number of ether oxygens (including phenoxy) is 1. The molecule has 3 rings (SSSR count). The lowest BCUT2D eigenvalue weighted by atomic mass is 10.0. The number of anilines is 1. The van der Waals surface area contributed by atoms with Crippen molar-refractivity contribution < 1.29 is 14.3 Å². The van der Waals surface area contributed by atoms with Crippen LogP contribution < -0.4 is 5.32 Å². The number of hydrogen-bond donors (Lipinski definition) is 1. The molecular weight excluding hydrogens is 420 g/mol. The predicted molar refractivity (Wildman–Crippen MR) is 120 cm³/mol. The van der Waals surface area contributed by atoms with E-state index in [1.54, 1.807) is 6.07 Å². The first-order valence-corrected chi connectivity index (χ1v) is 11.2. The Morgan fingerprint density at radius 1 is 1.23 bits per heavy atom. The molecule has 0 saturated heterocycles. The number of thioether (sulfide) groups is 1. The summed E-state index contributed by atoms with van der Waals surface area (Å²) in [7, 11) is 3.20. The van der Waals surface area contributed by atoms with Crippen molar-refractivity contribution in [1.82, 2.24) is 14.8 Å². The zero-order valence-corrected chi connectivity index (χ0v) is 19.2. The average Bonchev–Trinajstić information content (AvgIpc) is 3.27. The molecule has 2 aromatic heterocycles. The van der Waals surface area contributed by atoms with Crippen LogP contribution in [0.3, 0.4) is 0 Å². The highest BCUT2D eigenvalue weighted by Crippen LogP contribution is 2.29. The molecule has 0 atom stereocenters. The Hall–Kier alpha value is -2.65. The summed E-state index contributed by atoms with van der Waals surface area (Å²) < 4.78 is 6.64. The van der Waals surface area contributed by atoms with E-state index in [2.05, 4.69) is 41.5 Å². The van der Waals surface area contributed by atoms with Gasteiger partial charge in [0, 0.05) is 17.5 Å². The fourth-order valence-electron chi connectivity index (χ4n) is 2.87. The van der Waals surface area contributed by atoms with E-state index in [9.17, 15) is 9.59 Å². The molecular formula is C21H24N4O3S2. The fourth-order valence-corrected chi connectivity index (χ4v) is 4.50. The maximum absolute atomic E-state index is 12.4. The maximum Gasteiger partial charge on any atom is 0.340 e. The van der Waals surface area contributed by atoms with Gasteiger partial charge in [0.05, 0.1) is 18.4 Å². The summed E-state index contributed by atoms with van der Waals surface area (Å²) in [6, 6.07) is 9.97. The molecule has 3 aromatic rings. The van der Waals surface area contributed by atoms with Crippen LogP contribution in [0.4, 0.5) is 5.00 Å². The van der Waals surface area contributed by atoms with E-state index in [-0.39, 0.29) is 11.7 Å². The maximum atomic E-state index is 12.4. The van der Waals surface area contributed by atoms with E-state index in [4.69, 9.17) is 4.74 Å². The van der Waals surface area contributed by atoms with Crippen molar-refractivity contribution in [3.05, 3.63) is 46.3 Å². The van der Waals surface area contributed by atoms with Crippen molar-refractivity contribution >= 4 is 40.0 Å². The van der Waals surface area contributed by atoms with E-state index < -0.39 is 5.97 Å². The Morgan fingerprint density at radius 2 is 1.93 bits per heavy atom. The van der Waals surface area contributed by atoms with Crippen LogP contribution in [0.1, 0.15) is 40.6 Å². The Bertz CT molecular complexity index is 1050. The van der Waals surface area contributed by atoms with E-state index in [0.29, 0.717) is 21.6 Å². The first-order chi connectivity index (χ1) is 14.3. The normalized spacial score (nSPS) is 11.0. The summed E-state index contributed by atoms with van der Waals surface area (Å²) in [5.41, 5.74) is 2.61. The van der Waals surface area contributed by atoms with E-state index in [1.807, 2.05) is 30.7 Å². The van der Waals surface area contributed by atoms with Crippen LogP contribution in [0.2, 0.25) is 0 Å². The van der Waals surface area contributed by atoms with Gasteiger partial charge in [-0.15, -0.1) is 21.5 Å². The van der Waals surface area contributed by atoms with Crippen molar-refractivity contribution in [2.24, 2.45) is 7.05 Å². The number of carbonyl (C=O) groups is 2. The summed E-state index contributed by atoms with van der Waals surface area (Å²) in [5, 5.41) is 12.4. The van der Waals surface area contributed by atoms with Gasteiger partial charge >= 0.3 is 5.97 Å². The third kappa shape index (κ3) is 4.91. The second-order valence-electron chi connectivity index (χ2n) is 7.07. The highest BCUT2D eigenvalue weighted by Gasteiger charge is 2.18. The molecule has 1 N–H and O–H groups in total. The third-order valence-corrected chi connectivity index (χ3v) is 6.50. The molecule has 9 heteroatoms. The number of hydrogen-bond acceptors (Lipinski definition) is 7. The minimum Gasteiger partial charge on any atom is -0.465 e. The van der Waals surface area contributed by atoms with E-state index in [1.165, 1.54) is 35.8 Å². The van der Waals surface area contributed by atoms with E-state index in [0.717, 1.165) is 16.3 Å². The molecule has 0 aliphatic rings. The van der Waals surface area contributed by atoms with Gasteiger partial charge in [0.25, 0.3) is 0 Å². The van der Waals surface area contributed by atoms with Crippen molar-refractivity contribution in [3.63, 3.8) is 0 Å². The average molecular weight is 445 g/mol. The second-order valence-corrected chi connectivity index (χ2v) is 9.27. The van der Waals surface area contributed by atoms with Gasteiger partial charge < -0.3 is 14.6 Å². The largest absolute Gasteiger partial charge is 0.465 e. The molecule has 0 fully saturated rings. The number of amides is 1. The number of aryl methyl sites for hydroxylation is 1. The molecule has 0 aliphatic heterocycles. The van der Waals surface area contributed by atoms with Crippen LogP contribution in [0.25, 0.3) is 11.4 Å². The van der Waals surface area contributed by atoms with Crippen molar-refractivity contribution in [3.8, 4) is 11.4 Å². The number of nitrogens with zero attached hydrogens (tertiary/aromatic N) is 3. The number of thiophene rings is 1. The molecule has 1 amide bonds. The molecule has 0 spiro atoms. The van der Waals surface area contributed by atoms with Crippen molar-refractivity contribution in [2.75, 3.05) is 18.2 Å². The molecule has 30 heavy (non-hydrogen) atoms. The summed E-state index contributed by atoms with van der Waals surface area (Å²) in [4.78, 5) is 25.2. The van der Waals surface area contributed by atoms with Gasteiger partial charge in [-0.1, -0.05) is 49.9 Å². The number of benzene rings is 1. The molecule has 1 aromatic carbocycles. The van der Waals surface area contributed by atoms with E-state index >= 15 is 0 Å². The number of aromatic nitrogens is 3. The van der Waals surface area contributed by atoms with Crippen LogP contribution >= 0.6 is 23.1 Å². The lowest BCUT2D eigenvalue weighted by Gasteiger charge is -2.07. The molecule has 0 aliphatic carbocycles. The Balaban J connectivity index is 1.66. The van der Waals surface area contributed by atoms with Gasteiger partial charge in [-0.2, -0.15) is 0 Å². The third-order valence-electron chi connectivity index (χ3n) is 4.52. The summed E-state index contributed by atoms with van der Waals surface area (Å²) in [6.45, 7) is 6.18. The lowest BCUT2D eigenvalue weighted by molar-refractivity contribution is -0.113. The van der Waals surface area contributed by atoms with Crippen LogP contribution in [0.15, 0.2) is 35.5 Å². The van der Waals surface area contributed by atoms with Gasteiger partial charge in [-0.05, 0) is 24.5 Å². The highest BCUT2D eigenvalue weighted by molar-refractivity contribution is 7.99. The minimum atomic E-state index is -0.469. The van der Waals surface area contributed by atoms with Crippen molar-refractivity contribution in [2.45, 2.75) is 31.8 Å². The molecule has 0 unspecified atom stereocenters. The van der Waals surface area contributed by atoms with Gasteiger partial charge in [0.1, 0.15) is 5.00 Å². The fraction of sp³-hybridized carbons (Fsp3) is 0.333. The minimum absolute atomic E-state index is 0.149. The summed E-state index contributed by atoms with van der Waals surface area (Å²) in [6.07, 6.45) is 0. The molecule has 2 heterocycles. The number of esters is 1. The number of methoxy groups -OCH3 is 1. The quantitative estimate of drug-likeness (QED) is 0.427. The van der Waals surface area contributed by atoms with Gasteiger partial charge in [0.2, 0.25) is 5.91 Å². The van der Waals surface area contributed by atoms with Crippen LogP contribution in [-0.4, -0.2) is 39.5 Å². The molecule has 0 radical (unpaired) electrons. The van der Waals surface area contributed by atoms with Crippen LogP contribution in [0, 0.1) is 6.92 Å². The lowest BCUT2D eigenvalue weighted by Crippen LogP contribution is -2.16. The Kier molecular flexibility index (Phi) is 6.94. The first-order valence-electron chi connectivity index (χ1n) is 9.41. The standard InChI is InChI=1S/C21H24N4O3S2/c1-12(2)14-6-8-15(9-7-14)18-23-24-21(25(18)4)29-11-17(26)22-19-16(20(27)28-5)10-13(3)30-19/h6-10,12H,11H2,1-5H3,(H,22,26). The molecule has 0 bridgehead atoms. The number of nitrogens with one attached hydrogen (secondary N) is 1. The van der Waals surface area contributed by atoms with Crippen LogP contribution in [-0.2, 0) is 16.6 Å². The molecule has 0 saturated carbocycles. The summed E-state index contributed by atoms with van der Waals surface area (Å²) in [5.74, 6) is 0.669. The summed E-state index contributed by atoms with van der Waals surface area (Å²) >= 11 is 2.63. The number of carbonyl (C=O) groups excluding carboxylic acids is 2. The zero-order chi connectivity index (χ0) is 21.8.